The number of aldehydes is 1. The third kappa shape index (κ3) is 2.07. The molecule has 2 aromatic heterocycles. The van der Waals surface area contributed by atoms with E-state index in [0.717, 1.165) is 17.4 Å². The molecule has 0 saturated carbocycles. The van der Waals surface area contributed by atoms with Crippen LogP contribution in [-0.4, -0.2) is 22.7 Å². The lowest BCUT2D eigenvalue weighted by Gasteiger charge is -2.07. The summed E-state index contributed by atoms with van der Waals surface area (Å²) in [6.07, 6.45) is 2.56. The van der Waals surface area contributed by atoms with Crippen LogP contribution in [0.3, 0.4) is 0 Å². The van der Waals surface area contributed by atoms with Gasteiger partial charge in [-0.15, -0.1) is 0 Å². The minimum atomic E-state index is -0.246. The zero-order chi connectivity index (χ0) is 15.0. The van der Waals surface area contributed by atoms with Gasteiger partial charge in [-0.2, -0.15) is 0 Å². The lowest BCUT2D eigenvalue weighted by Crippen LogP contribution is -1.96. The number of anilines is 1. The molecule has 5 heteroatoms. The van der Waals surface area contributed by atoms with Crippen molar-refractivity contribution in [3.63, 3.8) is 0 Å². The molecule has 1 aromatic carbocycles. The third-order valence-corrected chi connectivity index (χ3v) is 3.58. The van der Waals surface area contributed by atoms with Gasteiger partial charge in [-0.1, -0.05) is 12.1 Å². The average molecular weight is 283 g/mol. The lowest BCUT2D eigenvalue weighted by atomic mass is 10.0. The van der Waals surface area contributed by atoms with Crippen molar-refractivity contribution in [1.82, 2.24) is 9.38 Å². The molecule has 3 rings (SSSR count). The van der Waals surface area contributed by atoms with Crippen LogP contribution in [0.2, 0.25) is 0 Å². The largest absolute Gasteiger partial charge is 0.371 e. The summed E-state index contributed by atoms with van der Waals surface area (Å²) in [5.74, 6) is 0.280. The Morgan fingerprint density at radius 3 is 2.81 bits per heavy atom. The number of halogens is 1. The second kappa shape index (κ2) is 5.01. The molecular weight excluding hydrogens is 269 g/mol. The molecule has 3 aromatic rings. The lowest BCUT2D eigenvalue weighted by molar-refractivity contribution is 0.111. The monoisotopic (exact) mass is 283 g/mol. The molecule has 2 heterocycles. The average Bonchev–Trinajstić information content (AvgIpc) is 2.86. The van der Waals surface area contributed by atoms with E-state index < -0.39 is 0 Å². The summed E-state index contributed by atoms with van der Waals surface area (Å²) in [6, 6.07) is 8.65. The predicted molar refractivity (Wildman–Crippen MR) is 80.3 cm³/mol. The summed E-state index contributed by atoms with van der Waals surface area (Å²) in [6.45, 7) is 1.74. The van der Waals surface area contributed by atoms with E-state index in [0.29, 0.717) is 22.7 Å². The normalized spacial score (nSPS) is 10.8. The van der Waals surface area contributed by atoms with Crippen LogP contribution >= 0.6 is 0 Å². The van der Waals surface area contributed by atoms with Crippen molar-refractivity contribution in [2.75, 3.05) is 12.4 Å². The molecule has 1 N–H and O–H groups in total. The summed E-state index contributed by atoms with van der Waals surface area (Å²) in [5, 5.41) is 2.89. The molecule has 0 aliphatic heterocycles. The number of fused-ring (bicyclic) bond motifs is 1. The van der Waals surface area contributed by atoms with Gasteiger partial charge < -0.3 is 5.32 Å². The summed E-state index contributed by atoms with van der Waals surface area (Å²) >= 11 is 0. The first-order valence-corrected chi connectivity index (χ1v) is 6.56. The molecule has 0 aliphatic rings. The number of rotatable bonds is 3. The van der Waals surface area contributed by atoms with E-state index in [1.165, 1.54) is 6.07 Å². The Hall–Kier alpha value is -2.69. The second-order valence-electron chi connectivity index (χ2n) is 4.77. The van der Waals surface area contributed by atoms with Crippen LogP contribution < -0.4 is 5.32 Å². The fraction of sp³-hybridized carbons (Fsp3) is 0.125. The van der Waals surface area contributed by atoms with Crippen LogP contribution in [0.4, 0.5) is 10.2 Å². The van der Waals surface area contributed by atoms with Gasteiger partial charge in [-0.05, 0) is 41.8 Å². The van der Waals surface area contributed by atoms with Crippen molar-refractivity contribution < 1.29 is 9.18 Å². The van der Waals surface area contributed by atoms with Crippen LogP contribution in [0.1, 0.15) is 16.1 Å². The van der Waals surface area contributed by atoms with Crippen LogP contribution in [0.15, 0.2) is 36.5 Å². The molecule has 21 heavy (non-hydrogen) atoms. The Labute approximate surface area is 121 Å². The first-order valence-electron chi connectivity index (χ1n) is 6.56. The molecule has 0 fully saturated rings. The second-order valence-corrected chi connectivity index (χ2v) is 4.77. The minimum absolute atomic E-state index is 0.246. The van der Waals surface area contributed by atoms with Crippen molar-refractivity contribution in [2.45, 2.75) is 6.92 Å². The quantitative estimate of drug-likeness (QED) is 0.750. The van der Waals surface area contributed by atoms with Crippen molar-refractivity contribution in [2.24, 2.45) is 0 Å². The van der Waals surface area contributed by atoms with E-state index in [1.807, 2.05) is 18.2 Å². The number of carbonyl (C=O) groups excluding carboxylic acids is 1. The Morgan fingerprint density at radius 1 is 1.29 bits per heavy atom. The molecule has 0 radical (unpaired) electrons. The first kappa shape index (κ1) is 13.3. The van der Waals surface area contributed by atoms with Gasteiger partial charge in [0.25, 0.3) is 0 Å². The molecule has 0 bridgehead atoms. The number of carbonyl (C=O) groups is 1. The number of nitrogens with zero attached hydrogens (tertiary/aromatic N) is 2. The van der Waals surface area contributed by atoms with E-state index in [2.05, 4.69) is 10.3 Å². The molecule has 0 spiro atoms. The first-order chi connectivity index (χ1) is 10.2. The summed E-state index contributed by atoms with van der Waals surface area (Å²) in [4.78, 5) is 15.6. The van der Waals surface area contributed by atoms with Gasteiger partial charge >= 0.3 is 0 Å². The van der Waals surface area contributed by atoms with E-state index in [9.17, 15) is 9.18 Å². The van der Waals surface area contributed by atoms with Gasteiger partial charge in [-0.3, -0.25) is 9.20 Å². The summed E-state index contributed by atoms with van der Waals surface area (Å²) in [5.41, 5.74) is 3.33. The molecule has 0 unspecified atom stereocenters. The van der Waals surface area contributed by atoms with Crippen LogP contribution in [0.5, 0.6) is 0 Å². The minimum Gasteiger partial charge on any atom is -0.371 e. The topological polar surface area (TPSA) is 46.4 Å². The molecular formula is C16H14FN3O. The van der Waals surface area contributed by atoms with E-state index in [-0.39, 0.29) is 5.82 Å². The van der Waals surface area contributed by atoms with Gasteiger partial charge in [0.05, 0.1) is 0 Å². The number of benzene rings is 1. The Balaban J connectivity index is 2.25. The van der Waals surface area contributed by atoms with Crippen LogP contribution in [0.25, 0.3) is 16.8 Å². The van der Waals surface area contributed by atoms with E-state index >= 15 is 0 Å². The highest BCUT2D eigenvalue weighted by molar-refractivity contribution is 5.83. The zero-order valence-corrected chi connectivity index (χ0v) is 11.7. The third-order valence-electron chi connectivity index (χ3n) is 3.58. The Morgan fingerprint density at radius 2 is 2.10 bits per heavy atom. The van der Waals surface area contributed by atoms with Gasteiger partial charge in [0.1, 0.15) is 17.2 Å². The van der Waals surface area contributed by atoms with Gasteiger partial charge in [0.2, 0.25) is 0 Å². The molecule has 0 amide bonds. The molecule has 0 atom stereocenters. The standard InChI is InChI=1S/C16H14FN3O/c1-10-12(4-3-5-13(10)17)11-6-7-15-19-16(18-2)14(9-21)20(15)8-11/h3-9,18H,1-2H3. The maximum Gasteiger partial charge on any atom is 0.170 e. The van der Waals surface area contributed by atoms with Crippen LogP contribution in [0, 0.1) is 12.7 Å². The van der Waals surface area contributed by atoms with Gasteiger partial charge in [-0.25, -0.2) is 9.37 Å². The summed E-state index contributed by atoms with van der Waals surface area (Å²) in [7, 11) is 1.71. The highest BCUT2D eigenvalue weighted by Crippen LogP contribution is 2.26. The Bertz CT molecular complexity index is 839. The van der Waals surface area contributed by atoms with Crippen molar-refractivity contribution in [3.8, 4) is 11.1 Å². The maximum absolute atomic E-state index is 13.7. The highest BCUT2D eigenvalue weighted by atomic mass is 19.1. The highest BCUT2D eigenvalue weighted by Gasteiger charge is 2.12. The zero-order valence-electron chi connectivity index (χ0n) is 11.7. The maximum atomic E-state index is 13.7. The number of imidazole rings is 1. The van der Waals surface area contributed by atoms with E-state index in [1.54, 1.807) is 30.6 Å². The number of aromatic nitrogens is 2. The molecule has 0 saturated heterocycles. The smallest absolute Gasteiger partial charge is 0.170 e. The SMILES string of the molecule is CNc1nc2ccc(-c3cccc(F)c3C)cn2c1C=O. The fourth-order valence-electron chi connectivity index (χ4n) is 2.44. The fourth-order valence-corrected chi connectivity index (χ4v) is 2.44. The predicted octanol–water partition coefficient (Wildman–Crippen LogP) is 3.30. The van der Waals surface area contributed by atoms with Crippen LogP contribution in [-0.2, 0) is 0 Å². The Kier molecular flexibility index (Phi) is 3.17. The molecule has 106 valence electrons. The van der Waals surface area contributed by atoms with Crippen molar-refractivity contribution in [3.05, 3.63) is 53.6 Å². The van der Waals surface area contributed by atoms with Crippen molar-refractivity contribution >= 4 is 17.8 Å². The van der Waals surface area contributed by atoms with Gasteiger partial charge in [0.15, 0.2) is 12.1 Å². The number of pyridine rings is 1. The molecule has 0 aliphatic carbocycles. The number of hydrogen-bond acceptors (Lipinski definition) is 3. The van der Waals surface area contributed by atoms with Crippen molar-refractivity contribution in [1.29, 1.82) is 0 Å². The number of hydrogen-bond donors (Lipinski definition) is 1. The molecule has 4 nitrogen and oxygen atoms in total. The van der Waals surface area contributed by atoms with Gasteiger partial charge in [0, 0.05) is 13.2 Å². The van der Waals surface area contributed by atoms with E-state index in [4.69, 9.17) is 0 Å². The number of nitrogens with one attached hydrogen (secondary N) is 1. The summed E-state index contributed by atoms with van der Waals surface area (Å²) < 4.78 is 15.4.